The van der Waals surface area contributed by atoms with Crippen LogP contribution in [0.3, 0.4) is 0 Å². The number of nitrogens with two attached hydrogens (primary N) is 1. The second-order valence-corrected chi connectivity index (χ2v) is 4.87. The number of rotatable bonds is 6. The third-order valence-electron chi connectivity index (χ3n) is 2.95. The Balaban J connectivity index is 2.69. The van der Waals surface area contributed by atoms with Crippen molar-refractivity contribution in [3.05, 3.63) is 29.8 Å². The van der Waals surface area contributed by atoms with Crippen LogP contribution in [0.4, 0.5) is 0 Å². The lowest BCUT2D eigenvalue weighted by Gasteiger charge is -2.26. The average Bonchev–Trinajstić information content (AvgIpc) is 2.38. The van der Waals surface area contributed by atoms with Crippen LogP contribution >= 0.6 is 0 Å². The van der Waals surface area contributed by atoms with Crippen molar-refractivity contribution in [2.45, 2.75) is 32.7 Å². The fourth-order valence-electron chi connectivity index (χ4n) is 1.90. The van der Waals surface area contributed by atoms with Crippen LogP contribution in [-0.4, -0.2) is 39.5 Å². The summed E-state index contributed by atoms with van der Waals surface area (Å²) in [5.41, 5.74) is 6.18. The molecule has 0 saturated heterocycles. The van der Waals surface area contributed by atoms with Gasteiger partial charge in [-0.15, -0.1) is 0 Å². The van der Waals surface area contributed by atoms with Gasteiger partial charge in [-0.2, -0.15) is 0 Å². The van der Waals surface area contributed by atoms with Crippen LogP contribution in [0.25, 0.3) is 0 Å². The average molecular weight is 279 g/mol. The van der Waals surface area contributed by atoms with E-state index in [4.69, 9.17) is 10.9 Å². The predicted octanol–water partition coefficient (Wildman–Crippen LogP) is 1.31. The summed E-state index contributed by atoms with van der Waals surface area (Å²) in [4.78, 5) is 13.9. The van der Waals surface area contributed by atoms with Gasteiger partial charge < -0.3 is 20.9 Å². The highest BCUT2D eigenvalue weighted by atomic mass is 16.4. The van der Waals surface area contributed by atoms with Crippen LogP contribution < -0.4 is 5.73 Å². The van der Waals surface area contributed by atoms with Gasteiger partial charge in [0.1, 0.15) is 11.6 Å². The third-order valence-corrected chi connectivity index (χ3v) is 2.95. The lowest BCUT2D eigenvalue weighted by atomic mass is 10.1. The van der Waals surface area contributed by atoms with Crippen molar-refractivity contribution < 1.29 is 15.1 Å². The highest BCUT2D eigenvalue weighted by Crippen LogP contribution is 2.13. The normalized spacial score (nSPS) is 11.7. The zero-order valence-corrected chi connectivity index (χ0v) is 11.8. The van der Waals surface area contributed by atoms with Gasteiger partial charge in [-0.1, -0.05) is 17.3 Å². The minimum Gasteiger partial charge on any atom is -0.508 e. The first-order valence-electron chi connectivity index (χ1n) is 6.47. The number of amides is 1. The Labute approximate surface area is 118 Å². The van der Waals surface area contributed by atoms with Crippen molar-refractivity contribution in [2.75, 3.05) is 6.54 Å². The molecule has 4 N–H and O–H groups in total. The zero-order chi connectivity index (χ0) is 15.1. The predicted molar refractivity (Wildman–Crippen MR) is 76.7 cm³/mol. The maximum atomic E-state index is 12.3. The fraction of sp³-hybridized carbons (Fsp3) is 0.429. The number of oxime groups is 1. The first-order valence-corrected chi connectivity index (χ1v) is 6.47. The lowest BCUT2D eigenvalue weighted by Crippen LogP contribution is -2.40. The Morgan fingerprint density at radius 3 is 2.70 bits per heavy atom. The van der Waals surface area contributed by atoms with Crippen molar-refractivity contribution in [1.29, 1.82) is 0 Å². The zero-order valence-electron chi connectivity index (χ0n) is 11.8. The first kappa shape index (κ1) is 15.8. The quantitative estimate of drug-likeness (QED) is 0.316. The third kappa shape index (κ3) is 4.79. The molecule has 0 radical (unpaired) electrons. The Morgan fingerprint density at radius 2 is 2.15 bits per heavy atom. The Kier molecular flexibility index (Phi) is 5.83. The van der Waals surface area contributed by atoms with E-state index in [0.29, 0.717) is 13.0 Å². The van der Waals surface area contributed by atoms with Crippen LogP contribution in [0.2, 0.25) is 0 Å². The summed E-state index contributed by atoms with van der Waals surface area (Å²) < 4.78 is 0. The summed E-state index contributed by atoms with van der Waals surface area (Å²) in [5.74, 6) is 0.181. The minimum atomic E-state index is -0.0589. The number of hydrogen-bond donors (Lipinski definition) is 3. The van der Waals surface area contributed by atoms with Gasteiger partial charge in [-0.05, 0) is 31.5 Å². The number of phenolic OH excluding ortho intramolecular Hbond substituents is 1. The van der Waals surface area contributed by atoms with E-state index in [1.165, 1.54) is 0 Å². The highest BCUT2D eigenvalue weighted by molar-refractivity contribution is 5.82. The van der Waals surface area contributed by atoms with E-state index in [9.17, 15) is 9.90 Å². The van der Waals surface area contributed by atoms with Crippen molar-refractivity contribution in [3.8, 4) is 5.75 Å². The molecule has 1 amide bonds. The second-order valence-electron chi connectivity index (χ2n) is 4.87. The van der Waals surface area contributed by atoms with Crippen molar-refractivity contribution in [1.82, 2.24) is 4.90 Å². The van der Waals surface area contributed by atoms with Gasteiger partial charge >= 0.3 is 0 Å². The first-order chi connectivity index (χ1) is 9.43. The number of benzene rings is 1. The van der Waals surface area contributed by atoms with Gasteiger partial charge in [0, 0.05) is 19.0 Å². The molecule has 1 aromatic rings. The molecular formula is C14H21N3O3. The van der Waals surface area contributed by atoms with Crippen molar-refractivity contribution >= 4 is 11.7 Å². The van der Waals surface area contributed by atoms with E-state index < -0.39 is 0 Å². The number of carbonyl (C=O) groups is 1. The van der Waals surface area contributed by atoms with Gasteiger partial charge in [0.2, 0.25) is 5.91 Å². The molecule has 0 unspecified atom stereocenters. The maximum Gasteiger partial charge on any atom is 0.227 e. The number of nitrogens with zero attached hydrogens (tertiary/aromatic N) is 2. The number of amidine groups is 1. The molecular weight excluding hydrogens is 258 g/mol. The molecule has 0 aliphatic carbocycles. The van der Waals surface area contributed by atoms with Gasteiger partial charge in [-0.3, -0.25) is 4.79 Å². The molecule has 1 rings (SSSR count). The summed E-state index contributed by atoms with van der Waals surface area (Å²) in [7, 11) is 0. The SMILES string of the molecule is CC(C)N(CCC(N)=NO)C(=O)Cc1cccc(O)c1. The van der Waals surface area contributed by atoms with Crippen LogP contribution in [-0.2, 0) is 11.2 Å². The van der Waals surface area contributed by atoms with E-state index in [1.54, 1.807) is 29.2 Å². The Hall–Kier alpha value is -2.24. The van der Waals surface area contributed by atoms with E-state index in [1.807, 2.05) is 13.8 Å². The van der Waals surface area contributed by atoms with Crippen LogP contribution in [0.5, 0.6) is 5.75 Å². The molecule has 0 atom stereocenters. The van der Waals surface area contributed by atoms with Crippen molar-refractivity contribution in [2.24, 2.45) is 10.9 Å². The summed E-state index contributed by atoms with van der Waals surface area (Å²) in [5, 5.41) is 20.8. The smallest absolute Gasteiger partial charge is 0.227 e. The molecule has 110 valence electrons. The minimum absolute atomic E-state index is 0.0197. The topological polar surface area (TPSA) is 99.1 Å². The van der Waals surface area contributed by atoms with Crippen LogP contribution in [0.15, 0.2) is 29.4 Å². The highest BCUT2D eigenvalue weighted by Gasteiger charge is 2.17. The fourth-order valence-corrected chi connectivity index (χ4v) is 1.90. The molecule has 20 heavy (non-hydrogen) atoms. The lowest BCUT2D eigenvalue weighted by molar-refractivity contribution is -0.132. The van der Waals surface area contributed by atoms with Crippen LogP contribution in [0, 0.1) is 0 Å². The summed E-state index contributed by atoms with van der Waals surface area (Å²) in [6.07, 6.45) is 0.531. The van der Waals surface area contributed by atoms with E-state index in [0.717, 1.165) is 5.56 Å². The summed E-state index contributed by atoms with van der Waals surface area (Å²) >= 11 is 0. The molecule has 6 nitrogen and oxygen atoms in total. The second kappa shape index (κ2) is 7.37. The molecule has 1 aromatic carbocycles. The van der Waals surface area contributed by atoms with E-state index >= 15 is 0 Å². The number of carbonyl (C=O) groups excluding carboxylic acids is 1. The van der Waals surface area contributed by atoms with E-state index in [-0.39, 0.29) is 30.0 Å². The number of aromatic hydroxyl groups is 1. The molecule has 0 spiro atoms. The van der Waals surface area contributed by atoms with Gasteiger partial charge in [0.25, 0.3) is 0 Å². The summed E-state index contributed by atoms with van der Waals surface area (Å²) in [6, 6.07) is 6.65. The number of phenols is 1. The monoisotopic (exact) mass is 279 g/mol. The van der Waals surface area contributed by atoms with Gasteiger partial charge in [-0.25, -0.2) is 0 Å². The molecule has 0 aromatic heterocycles. The Morgan fingerprint density at radius 1 is 1.45 bits per heavy atom. The Bertz CT molecular complexity index is 486. The molecule has 0 saturated carbocycles. The van der Waals surface area contributed by atoms with E-state index in [2.05, 4.69) is 5.16 Å². The summed E-state index contributed by atoms with van der Waals surface area (Å²) in [6.45, 7) is 4.21. The van der Waals surface area contributed by atoms with Crippen LogP contribution in [0.1, 0.15) is 25.8 Å². The standard InChI is InChI=1S/C14H21N3O3/c1-10(2)17(7-6-13(15)16-20)14(19)9-11-4-3-5-12(18)8-11/h3-5,8,10,18,20H,6-7,9H2,1-2H3,(H2,15,16). The molecule has 0 bridgehead atoms. The van der Waals surface area contributed by atoms with Gasteiger partial charge in [0.05, 0.1) is 6.42 Å². The molecule has 6 heteroatoms. The molecule has 0 heterocycles. The maximum absolute atomic E-state index is 12.3. The molecule has 0 fully saturated rings. The number of hydrogen-bond acceptors (Lipinski definition) is 4. The molecule has 0 aliphatic heterocycles. The molecule has 0 aliphatic rings. The largest absolute Gasteiger partial charge is 0.508 e. The van der Waals surface area contributed by atoms with Gasteiger partial charge in [0.15, 0.2) is 0 Å². The van der Waals surface area contributed by atoms with Crippen molar-refractivity contribution in [3.63, 3.8) is 0 Å².